The van der Waals surface area contributed by atoms with Gasteiger partial charge in [0, 0.05) is 18.7 Å². The molecule has 1 aliphatic rings. The summed E-state index contributed by atoms with van der Waals surface area (Å²) in [6.45, 7) is 5.16. The normalized spacial score (nSPS) is 22.9. The molecule has 0 saturated carbocycles. The summed E-state index contributed by atoms with van der Waals surface area (Å²) in [6, 6.07) is 2.76. The molecule has 0 N–H and O–H groups in total. The molecule has 0 bridgehead atoms. The highest BCUT2D eigenvalue weighted by atomic mass is 19.1. The van der Waals surface area contributed by atoms with E-state index in [9.17, 15) is 9.18 Å². The lowest BCUT2D eigenvalue weighted by atomic mass is 10.1. The molecular formula is C15H16FNO2. The molecular weight excluding hydrogens is 245 g/mol. The summed E-state index contributed by atoms with van der Waals surface area (Å²) < 4.78 is 19.4. The van der Waals surface area contributed by atoms with Crippen LogP contribution < -0.4 is 4.90 Å². The highest BCUT2D eigenvalue weighted by Crippen LogP contribution is 2.26. The van der Waals surface area contributed by atoms with Crippen molar-refractivity contribution in [3.63, 3.8) is 0 Å². The number of aldehydes is 1. The topological polar surface area (TPSA) is 29.5 Å². The SMILES string of the molecule is C#Cc1cc(C=O)c(N2CC(C)OC(C)C2)cc1F. The van der Waals surface area contributed by atoms with Crippen LogP contribution in [0.5, 0.6) is 0 Å². The van der Waals surface area contributed by atoms with Crippen molar-refractivity contribution in [2.45, 2.75) is 26.1 Å². The van der Waals surface area contributed by atoms with Crippen LogP contribution in [-0.4, -0.2) is 31.6 Å². The minimum absolute atomic E-state index is 0.0404. The molecule has 2 unspecified atom stereocenters. The van der Waals surface area contributed by atoms with Crippen LogP contribution in [-0.2, 0) is 4.74 Å². The molecule has 2 rings (SSSR count). The number of carbonyl (C=O) groups excluding carboxylic acids is 1. The van der Waals surface area contributed by atoms with Gasteiger partial charge in [-0.3, -0.25) is 4.79 Å². The smallest absolute Gasteiger partial charge is 0.152 e. The number of terminal acetylenes is 1. The average Bonchev–Trinajstić information content (AvgIpc) is 2.37. The van der Waals surface area contributed by atoms with Crippen molar-refractivity contribution < 1.29 is 13.9 Å². The third-order valence-electron chi connectivity index (χ3n) is 3.16. The zero-order valence-electron chi connectivity index (χ0n) is 11.0. The van der Waals surface area contributed by atoms with Crippen molar-refractivity contribution in [1.29, 1.82) is 0 Å². The van der Waals surface area contributed by atoms with Crippen LogP contribution in [0.2, 0.25) is 0 Å². The Hall–Kier alpha value is -1.86. The van der Waals surface area contributed by atoms with Gasteiger partial charge in [0.15, 0.2) is 6.29 Å². The molecule has 0 radical (unpaired) electrons. The van der Waals surface area contributed by atoms with Gasteiger partial charge in [0.25, 0.3) is 0 Å². The number of nitrogens with zero attached hydrogens (tertiary/aromatic N) is 1. The number of rotatable bonds is 2. The van der Waals surface area contributed by atoms with Crippen molar-refractivity contribution >= 4 is 12.0 Å². The summed E-state index contributed by atoms with van der Waals surface area (Å²) in [5.41, 5.74) is 1.10. The Morgan fingerprint density at radius 3 is 2.58 bits per heavy atom. The number of ether oxygens (including phenoxy) is 1. The molecule has 19 heavy (non-hydrogen) atoms. The molecule has 100 valence electrons. The molecule has 0 aromatic heterocycles. The number of benzene rings is 1. The standard InChI is InChI=1S/C15H16FNO2/c1-4-12-5-13(9-18)15(6-14(12)16)17-7-10(2)19-11(3)8-17/h1,5-6,9-11H,7-8H2,2-3H3. The summed E-state index contributed by atoms with van der Waals surface area (Å²) >= 11 is 0. The van der Waals surface area contributed by atoms with E-state index in [0.29, 0.717) is 30.6 Å². The molecule has 1 saturated heterocycles. The third kappa shape index (κ3) is 2.77. The molecule has 0 amide bonds. The minimum atomic E-state index is -0.477. The lowest BCUT2D eigenvalue weighted by Crippen LogP contribution is -2.45. The Morgan fingerprint density at radius 2 is 2.05 bits per heavy atom. The second-order valence-electron chi connectivity index (χ2n) is 4.82. The fraction of sp³-hybridized carbons (Fsp3) is 0.400. The van der Waals surface area contributed by atoms with Gasteiger partial charge >= 0.3 is 0 Å². The second-order valence-corrected chi connectivity index (χ2v) is 4.82. The molecule has 2 atom stereocenters. The van der Waals surface area contributed by atoms with E-state index in [-0.39, 0.29) is 17.8 Å². The first-order valence-electron chi connectivity index (χ1n) is 6.21. The van der Waals surface area contributed by atoms with E-state index in [0.717, 1.165) is 0 Å². The Labute approximate surface area is 112 Å². The number of carbonyl (C=O) groups is 1. The maximum absolute atomic E-state index is 13.8. The largest absolute Gasteiger partial charge is 0.372 e. The molecule has 3 nitrogen and oxygen atoms in total. The molecule has 0 aliphatic carbocycles. The van der Waals surface area contributed by atoms with Crippen LogP contribution in [0, 0.1) is 18.2 Å². The van der Waals surface area contributed by atoms with Gasteiger partial charge in [-0.25, -0.2) is 4.39 Å². The molecule has 4 heteroatoms. The van der Waals surface area contributed by atoms with E-state index >= 15 is 0 Å². The average molecular weight is 261 g/mol. The summed E-state index contributed by atoms with van der Waals surface area (Å²) in [5, 5.41) is 0. The van der Waals surface area contributed by atoms with E-state index in [2.05, 4.69) is 5.92 Å². The van der Waals surface area contributed by atoms with Crippen LogP contribution in [0.1, 0.15) is 29.8 Å². The Bertz CT molecular complexity index is 526. The monoisotopic (exact) mass is 261 g/mol. The summed E-state index contributed by atoms with van der Waals surface area (Å²) in [5.74, 6) is 1.76. The zero-order chi connectivity index (χ0) is 14.0. The Kier molecular flexibility index (Phi) is 3.87. The molecule has 0 spiro atoms. The zero-order valence-corrected chi connectivity index (χ0v) is 11.0. The lowest BCUT2D eigenvalue weighted by Gasteiger charge is -2.37. The van der Waals surface area contributed by atoms with Crippen molar-refractivity contribution in [2.24, 2.45) is 0 Å². The first-order valence-corrected chi connectivity index (χ1v) is 6.21. The number of hydrogen-bond acceptors (Lipinski definition) is 3. The van der Waals surface area contributed by atoms with Crippen LogP contribution in [0.4, 0.5) is 10.1 Å². The first kappa shape index (κ1) is 13.6. The lowest BCUT2D eigenvalue weighted by molar-refractivity contribution is -0.00527. The highest BCUT2D eigenvalue weighted by molar-refractivity contribution is 5.85. The fourth-order valence-corrected chi connectivity index (χ4v) is 2.43. The Balaban J connectivity index is 2.41. The molecule has 1 aromatic carbocycles. The molecule has 1 aromatic rings. The predicted molar refractivity (Wildman–Crippen MR) is 71.9 cm³/mol. The number of halogens is 1. The van der Waals surface area contributed by atoms with Gasteiger partial charge in [0.2, 0.25) is 0 Å². The van der Waals surface area contributed by atoms with Gasteiger partial charge < -0.3 is 9.64 Å². The summed E-state index contributed by atoms with van der Waals surface area (Å²) in [7, 11) is 0. The maximum atomic E-state index is 13.8. The van der Waals surface area contributed by atoms with Crippen LogP contribution in [0.25, 0.3) is 0 Å². The van der Waals surface area contributed by atoms with E-state index in [4.69, 9.17) is 11.2 Å². The number of morpholine rings is 1. The van der Waals surface area contributed by atoms with Crippen LogP contribution >= 0.6 is 0 Å². The fourth-order valence-electron chi connectivity index (χ4n) is 2.43. The van der Waals surface area contributed by atoms with Crippen molar-refractivity contribution in [3.8, 4) is 12.3 Å². The summed E-state index contributed by atoms with van der Waals surface area (Å²) in [6.07, 6.45) is 6.00. The maximum Gasteiger partial charge on any atom is 0.152 e. The quantitative estimate of drug-likeness (QED) is 0.604. The summed E-state index contributed by atoms with van der Waals surface area (Å²) in [4.78, 5) is 13.1. The molecule has 1 heterocycles. The highest BCUT2D eigenvalue weighted by Gasteiger charge is 2.24. The molecule has 1 fully saturated rings. The van der Waals surface area contributed by atoms with Crippen molar-refractivity contribution in [3.05, 3.63) is 29.1 Å². The van der Waals surface area contributed by atoms with Gasteiger partial charge in [-0.1, -0.05) is 5.92 Å². The van der Waals surface area contributed by atoms with E-state index < -0.39 is 5.82 Å². The van der Waals surface area contributed by atoms with Gasteiger partial charge in [0.1, 0.15) is 5.82 Å². The number of hydrogen-bond donors (Lipinski definition) is 0. The third-order valence-corrected chi connectivity index (χ3v) is 3.16. The predicted octanol–water partition coefficient (Wildman–Crippen LogP) is 2.23. The Morgan fingerprint density at radius 1 is 1.42 bits per heavy atom. The van der Waals surface area contributed by atoms with Crippen molar-refractivity contribution in [1.82, 2.24) is 0 Å². The van der Waals surface area contributed by atoms with Crippen LogP contribution in [0.3, 0.4) is 0 Å². The van der Waals surface area contributed by atoms with E-state index in [1.807, 2.05) is 18.7 Å². The van der Waals surface area contributed by atoms with Crippen LogP contribution in [0.15, 0.2) is 12.1 Å². The van der Waals surface area contributed by atoms with E-state index in [1.54, 1.807) is 0 Å². The van der Waals surface area contributed by atoms with Gasteiger partial charge in [-0.2, -0.15) is 0 Å². The molecule has 1 aliphatic heterocycles. The van der Waals surface area contributed by atoms with E-state index in [1.165, 1.54) is 12.1 Å². The minimum Gasteiger partial charge on any atom is -0.372 e. The number of anilines is 1. The first-order chi connectivity index (χ1) is 9.05. The van der Waals surface area contributed by atoms with Gasteiger partial charge in [-0.15, -0.1) is 6.42 Å². The van der Waals surface area contributed by atoms with Crippen molar-refractivity contribution in [2.75, 3.05) is 18.0 Å². The van der Waals surface area contributed by atoms with Gasteiger partial charge in [-0.05, 0) is 26.0 Å². The second kappa shape index (κ2) is 5.41. The van der Waals surface area contributed by atoms with Gasteiger partial charge in [0.05, 0.1) is 23.5 Å².